The summed E-state index contributed by atoms with van der Waals surface area (Å²) in [6, 6.07) is 7.87. The van der Waals surface area contributed by atoms with Gasteiger partial charge in [-0.1, -0.05) is 0 Å². The van der Waals surface area contributed by atoms with Gasteiger partial charge >= 0.3 is 5.97 Å². The Morgan fingerprint density at radius 3 is 2.72 bits per heavy atom. The van der Waals surface area contributed by atoms with Crippen LogP contribution in [0.1, 0.15) is 33.3 Å². The lowest BCUT2D eigenvalue weighted by Crippen LogP contribution is -2.34. The quantitative estimate of drug-likeness (QED) is 0.646. The molecule has 2 aromatic rings. The fourth-order valence-corrected chi connectivity index (χ4v) is 4.29. The highest BCUT2D eigenvalue weighted by Gasteiger charge is 2.32. The molecule has 1 atom stereocenters. The molecule has 0 amide bonds. The zero-order chi connectivity index (χ0) is 18.2. The highest BCUT2D eigenvalue weighted by Crippen LogP contribution is 2.34. The number of aromatic nitrogens is 1. The molecule has 0 bridgehead atoms. The summed E-state index contributed by atoms with van der Waals surface area (Å²) >= 11 is 0. The van der Waals surface area contributed by atoms with Crippen molar-refractivity contribution in [2.24, 2.45) is 0 Å². The molecule has 0 fully saturated rings. The van der Waals surface area contributed by atoms with Crippen LogP contribution in [-0.2, 0) is 21.2 Å². The average Bonchev–Trinajstić information content (AvgIpc) is 3.17. The normalized spacial score (nSPS) is 16.6. The standard InChI is InChI=1S/C17H18N2O5S/c1-11-8-13-9-12(5-6-15(13)19(11)25(2,22)23)16(20)10-24-17(21)14-4-3-7-18-14/h3-7,9,11,18H,8,10H2,1-2H3/t11-/m1/s1. The molecule has 7 nitrogen and oxygen atoms in total. The Morgan fingerprint density at radius 2 is 2.08 bits per heavy atom. The van der Waals surface area contributed by atoms with Crippen molar-refractivity contribution in [2.45, 2.75) is 19.4 Å². The van der Waals surface area contributed by atoms with E-state index in [0.717, 1.165) is 11.8 Å². The average molecular weight is 362 g/mol. The van der Waals surface area contributed by atoms with Crippen LogP contribution in [0.25, 0.3) is 0 Å². The fraction of sp³-hybridized carbons (Fsp3) is 0.294. The van der Waals surface area contributed by atoms with E-state index >= 15 is 0 Å². The van der Waals surface area contributed by atoms with Crippen LogP contribution >= 0.6 is 0 Å². The lowest BCUT2D eigenvalue weighted by atomic mass is 10.0. The molecule has 1 aliphatic heterocycles. The molecule has 1 N–H and O–H groups in total. The van der Waals surface area contributed by atoms with Crippen LogP contribution in [-0.4, -0.2) is 44.1 Å². The molecule has 0 saturated heterocycles. The van der Waals surface area contributed by atoms with Crippen molar-refractivity contribution in [1.29, 1.82) is 0 Å². The summed E-state index contributed by atoms with van der Waals surface area (Å²) in [6.45, 7) is 1.45. The second-order valence-electron chi connectivity index (χ2n) is 6.04. The van der Waals surface area contributed by atoms with Gasteiger partial charge in [0.25, 0.3) is 0 Å². The molecule has 3 rings (SSSR count). The molecule has 0 unspecified atom stereocenters. The highest BCUT2D eigenvalue weighted by molar-refractivity contribution is 7.92. The van der Waals surface area contributed by atoms with Gasteiger partial charge in [0.05, 0.1) is 11.9 Å². The smallest absolute Gasteiger partial charge is 0.355 e. The Labute approximate surface area is 145 Å². The topological polar surface area (TPSA) is 96.5 Å². The van der Waals surface area contributed by atoms with E-state index < -0.39 is 16.0 Å². The summed E-state index contributed by atoms with van der Waals surface area (Å²) in [5.41, 5.74) is 2.05. The number of esters is 1. The van der Waals surface area contributed by atoms with Crippen LogP contribution in [0.4, 0.5) is 5.69 Å². The second kappa shape index (κ2) is 6.36. The maximum atomic E-state index is 12.3. The largest absolute Gasteiger partial charge is 0.453 e. The Kier molecular flexibility index (Phi) is 4.38. The molecule has 0 saturated carbocycles. The van der Waals surface area contributed by atoms with Crippen molar-refractivity contribution in [3.63, 3.8) is 0 Å². The molecule has 1 aromatic heterocycles. The summed E-state index contributed by atoms with van der Waals surface area (Å²) in [7, 11) is -3.37. The van der Waals surface area contributed by atoms with Gasteiger partial charge in [0, 0.05) is 17.8 Å². The summed E-state index contributed by atoms with van der Waals surface area (Å²) < 4.78 is 30.2. The number of carbonyl (C=O) groups is 2. The number of hydrogen-bond acceptors (Lipinski definition) is 5. The van der Waals surface area contributed by atoms with Crippen LogP contribution in [0, 0.1) is 0 Å². The number of anilines is 1. The summed E-state index contributed by atoms with van der Waals surface area (Å²) in [4.78, 5) is 26.7. The molecule has 132 valence electrons. The molecule has 0 aliphatic carbocycles. The van der Waals surface area contributed by atoms with Gasteiger partial charge in [0.2, 0.25) is 10.0 Å². The van der Waals surface area contributed by atoms with Gasteiger partial charge in [0.15, 0.2) is 12.4 Å². The lowest BCUT2D eigenvalue weighted by Gasteiger charge is -2.21. The molecular weight excluding hydrogens is 344 g/mol. The van der Waals surface area contributed by atoms with Crippen molar-refractivity contribution in [2.75, 3.05) is 17.2 Å². The maximum absolute atomic E-state index is 12.3. The first kappa shape index (κ1) is 17.2. The number of carbonyl (C=O) groups excluding carboxylic acids is 2. The maximum Gasteiger partial charge on any atom is 0.355 e. The van der Waals surface area contributed by atoms with E-state index in [0.29, 0.717) is 17.7 Å². The Morgan fingerprint density at radius 1 is 1.32 bits per heavy atom. The van der Waals surface area contributed by atoms with Gasteiger partial charge in [-0.15, -0.1) is 0 Å². The van der Waals surface area contributed by atoms with E-state index in [1.807, 2.05) is 6.92 Å². The van der Waals surface area contributed by atoms with Gasteiger partial charge in [0.1, 0.15) is 5.69 Å². The molecule has 0 spiro atoms. The number of H-pyrrole nitrogens is 1. The number of aromatic amines is 1. The zero-order valence-electron chi connectivity index (χ0n) is 13.9. The number of ether oxygens (including phenoxy) is 1. The second-order valence-corrected chi connectivity index (χ2v) is 7.90. The third-order valence-corrected chi connectivity index (χ3v) is 5.34. The van der Waals surface area contributed by atoms with Crippen molar-refractivity contribution in [3.8, 4) is 0 Å². The van der Waals surface area contributed by atoms with Crippen molar-refractivity contribution < 1.29 is 22.7 Å². The molecule has 0 radical (unpaired) electrons. The minimum atomic E-state index is -3.37. The number of ketones is 1. The SMILES string of the molecule is C[C@@H]1Cc2cc(C(=O)COC(=O)c3ccc[nH]3)ccc2N1S(C)(=O)=O. The number of Topliss-reactive ketones (excluding diaryl/α,β-unsaturated/α-hetero) is 1. The van der Waals surface area contributed by atoms with Crippen molar-refractivity contribution in [3.05, 3.63) is 53.3 Å². The van der Waals surface area contributed by atoms with Gasteiger partial charge in [-0.05, 0) is 49.2 Å². The van der Waals surface area contributed by atoms with E-state index in [1.54, 1.807) is 36.5 Å². The molecule has 1 aromatic carbocycles. The lowest BCUT2D eigenvalue weighted by molar-refractivity contribution is 0.0469. The Bertz CT molecular complexity index is 919. The van der Waals surface area contributed by atoms with E-state index in [4.69, 9.17) is 4.74 Å². The number of benzene rings is 1. The van der Waals surface area contributed by atoms with E-state index in [-0.39, 0.29) is 24.1 Å². The van der Waals surface area contributed by atoms with Crippen LogP contribution < -0.4 is 4.31 Å². The first-order valence-corrected chi connectivity index (χ1v) is 9.58. The summed E-state index contributed by atoms with van der Waals surface area (Å²) in [5, 5.41) is 0. The van der Waals surface area contributed by atoms with Gasteiger partial charge < -0.3 is 9.72 Å². The highest BCUT2D eigenvalue weighted by atomic mass is 32.2. The number of rotatable bonds is 5. The molecule has 8 heteroatoms. The minimum Gasteiger partial charge on any atom is -0.453 e. The van der Waals surface area contributed by atoms with Crippen LogP contribution in [0.2, 0.25) is 0 Å². The zero-order valence-corrected chi connectivity index (χ0v) is 14.7. The van der Waals surface area contributed by atoms with Gasteiger partial charge in [-0.2, -0.15) is 0 Å². The van der Waals surface area contributed by atoms with E-state index in [9.17, 15) is 18.0 Å². The van der Waals surface area contributed by atoms with Crippen molar-refractivity contribution in [1.82, 2.24) is 4.98 Å². The number of sulfonamides is 1. The van der Waals surface area contributed by atoms with Gasteiger partial charge in [-0.3, -0.25) is 9.10 Å². The molecule has 1 aliphatic rings. The van der Waals surface area contributed by atoms with Gasteiger partial charge in [-0.25, -0.2) is 13.2 Å². The number of nitrogens with one attached hydrogen (secondary N) is 1. The third-order valence-electron chi connectivity index (χ3n) is 4.06. The number of nitrogens with zero attached hydrogens (tertiary/aromatic N) is 1. The Balaban J connectivity index is 1.73. The molecular formula is C17H18N2O5S. The van der Waals surface area contributed by atoms with E-state index in [2.05, 4.69) is 4.98 Å². The van der Waals surface area contributed by atoms with E-state index in [1.165, 1.54) is 4.31 Å². The summed E-state index contributed by atoms with van der Waals surface area (Å²) in [5.74, 6) is -0.940. The predicted octanol–water partition coefficient (Wildman–Crippen LogP) is 1.77. The molecule has 2 heterocycles. The minimum absolute atomic E-state index is 0.193. The fourth-order valence-electron chi connectivity index (χ4n) is 3.03. The number of hydrogen-bond donors (Lipinski definition) is 1. The molecule has 25 heavy (non-hydrogen) atoms. The Hall–Kier alpha value is -2.61. The summed E-state index contributed by atoms with van der Waals surface area (Å²) in [6.07, 6.45) is 3.29. The van der Waals surface area contributed by atoms with Crippen molar-refractivity contribution >= 4 is 27.5 Å². The first-order valence-electron chi connectivity index (χ1n) is 7.73. The number of fused-ring (bicyclic) bond motifs is 1. The predicted molar refractivity (Wildman–Crippen MR) is 92.3 cm³/mol. The van der Waals surface area contributed by atoms with Crippen LogP contribution in [0.5, 0.6) is 0 Å². The monoisotopic (exact) mass is 362 g/mol. The first-order chi connectivity index (χ1) is 11.8. The third kappa shape index (κ3) is 3.43. The van der Waals surface area contributed by atoms with Crippen LogP contribution in [0.15, 0.2) is 36.5 Å². The van der Waals surface area contributed by atoms with Crippen LogP contribution in [0.3, 0.4) is 0 Å².